The molecule has 1 aromatic heterocycles. The smallest absolute Gasteiger partial charge is 0.306 e. The monoisotopic (exact) mass is 280 g/mol. The van der Waals surface area contributed by atoms with E-state index in [0.717, 1.165) is 25.5 Å². The Hall–Kier alpha value is -1.98. The van der Waals surface area contributed by atoms with E-state index in [2.05, 4.69) is 10.3 Å². The van der Waals surface area contributed by atoms with Crippen LogP contribution in [0, 0.1) is 17.7 Å². The van der Waals surface area contributed by atoms with E-state index in [1.807, 2.05) is 0 Å². The molecule has 1 aromatic rings. The molecule has 2 unspecified atom stereocenters. The summed E-state index contributed by atoms with van der Waals surface area (Å²) in [5, 5.41) is 11.8. The number of aliphatic carboxylic acids is 1. The molecule has 2 rings (SSSR count). The van der Waals surface area contributed by atoms with Gasteiger partial charge in [0.25, 0.3) is 5.91 Å². The zero-order valence-corrected chi connectivity index (χ0v) is 11.0. The van der Waals surface area contributed by atoms with Crippen LogP contribution >= 0.6 is 0 Å². The van der Waals surface area contributed by atoms with Crippen molar-refractivity contribution in [3.05, 3.63) is 29.8 Å². The van der Waals surface area contributed by atoms with Gasteiger partial charge in [0.1, 0.15) is 0 Å². The van der Waals surface area contributed by atoms with E-state index >= 15 is 0 Å². The summed E-state index contributed by atoms with van der Waals surface area (Å²) in [6, 6.07) is 1.31. The first-order chi connectivity index (χ1) is 9.59. The van der Waals surface area contributed by atoms with Gasteiger partial charge in [0.15, 0.2) is 5.82 Å². The minimum absolute atomic E-state index is 0.0670. The number of carbonyl (C=O) groups is 2. The summed E-state index contributed by atoms with van der Waals surface area (Å²) >= 11 is 0. The average Bonchev–Trinajstić information content (AvgIpc) is 2.45. The van der Waals surface area contributed by atoms with E-state index in [9.17, 15) is 14.0 Å². The molecule has 1 saturated carbocycles. The fourth-order valence-corrected chi connectivity index (χ4v) is 2.66. The van der Waals surface area contributed by atoms with Gasteiger partial charge >= 0.3 is 5.97 Å². The number of amides is 1. The van der Waals surface area contributed by atoms with Crippen LogP contribution in [0.5, 0.6) is 0 Å². The maximum Gasteiger partial charge on any atom is 0.306 e. The lowest BCUT2D eigenvalue weighted by molar-refractivity contribution is -0.144. The highest BCUT2D eigenvalue weighted by Gasteiger charge is 2.31. The summed E-state index contributed by atoms with van der Waals surface area (Å²) < 4.78 is 13.4. The Balaban J connectivity index is 1.95. The number of aromatic nitrogens is 1. The van der Waals surface area contributed by atoms with E-state index < -0.39 is 23.6 Å². The van der Waals surface area contributed by atoms with Crippen LogP contribution in [-0.4, -0.2) is 28.5 Å². The Morgan fingerprint density at radius 3 is 2.85 bits per heavy atom. The maximum absolute atomic E-state index is 13.4. The van der Waals surface area contributed by atoms with Gasteiger partial charge in [-0.2, -0.15) is 0 Å². The van der Waals surface area contributed by atoms with Crippen molar-refractivity contribution in [3.63, 3.8) is 0 Å². The number of nitrogens with one attached hydrogen (secondary N) is 1. The van der Waals surface area contributed by atoms with E-state index in [-0.39, 0.29) is 18.0 Å². The van der Waals surface area contributed by atoms with Crippen molar-refractivity contribution in [1.29, 1.82) is 0 Å². The third-order valence-corrected chi connectivity index (χ3v) is 3.77. The van der Waals surface area contributed by atoms with Crippen LogP contribution < -0.4 is 5.32 Å². The van der Waals surface area contributed by atoms with Crippen molar-refractivity contribution >= 4 is 11.9 Å². The van der Waals surface area contributed by atoms with Crippen LogP contribution in [0.15, 0.2) is 18.5 Å². The third-order valence-electron chi connectivity index (χ3n) is 3.77. The van der Waals surface area contributed by atoms with Crippen LogP contribution in [0.3, 0.4) is 0 Å². The standard InChI is InChI=1S/C14H17FN2O3/c15-12-8-16-6-5-11(12)13(18)17-7-9-3-1-2-4-10(9)14(19)20/h5-6,8-10H,1-4,7H2,(H,17,18)(H,19,20). The summed E-state index contributed by atoms with van der Waals surface area (Å²) in [5.74, 6) is -2.54. The van der Waals surface area contributed by atoms with Crippen LogP contribution in [0.4, 0.5) is 4.39 Å². The van der Waals surface area contributed by atoms with Crippen molar-refractivity contribution in [2.75, 3.05) is 6.54 Å². The van der Waals surface area contributed by atoms with Gasteiger partial charge in [-0.15, -0.1) is 0 Å². The van der Waals surface area contributed by atoms with E-state index in [1.165, 1.54) is 12.3 Å². The normalized spacial score (nSPS) is 22.2. The predicted molar refractivity (Wildman–Crippen MR) is 69.6 cm³/mol. The zero-order valence-electron chi connectivity index (χ0n) is 11.0. The SMILES string of the molecule is O=C(NCC1CCCCC1C(=O)O)c1ccncc1F. The second-order valence-corrected chi connectivity index (χ2v) is 5.05. The number of carbonyl (C=O) groups excluding carboxylic acids is 1. The molecule has 1 heterocycles. The van der Waals surface area contributed by atoms with Gasteiger partial charge in [-0.05, 0) is 24.8 Å². The maximum atomic E-state index is 13.4. The lowest BCUT2D eigenvalue weighted by Gasteiger charge is -2.28. The Morgan fingerprint density at radius 1 is 1.40 bits per heavy atom. The average molecular weight is 280 g/mol. The molecule has 1 fully saturated rings. The van der Waals surface area contributed by atoms with E-state index in [0.29, 0.717) is 6.42 Å². The van der Waals surface area contributed by atoms with Crippen molar-refractivity contribution in [1.82, 2.24) is 10.3 Å². The van der Waals surface area contributed by atoms with Gasteiger partial charge in [-0.1, -0.05) is 12.8 Å². The van der Waals surface area contributed by atoms with Crippen LogP contribution in [0.1, 0.15) is 36.0 Å². The topological polar surface area (TPSA) is 79.3 Å². The van der Waals surface area contributed by atoms with Gasteiger partial charge in [-0.25, -0.2) is 4.39 Å². The molecule has 5 nitrogen and oxygen atoms in total. The summed E-state index contributed by atoms with van der Waals surface area (Å²) in [5.41, 5.74) is -0.0670. The van der Waals surface area contributed by atoms with Gasteiger partial charge in [0.05, 0.1) is 17.7 Å². The Bertz CT molecular complexity index is 507. The molecule has 0 aromatic carbocycles. The number of carboxylic acid groups (broad SMARTS) is 1. The minimum Gasteiger partial charge on any atom is -0.481 e. The summed E-state index contributed by atoms with van der Waals surface area (Å²) in [6.45, 7) is 0.261. The van der Waals surface area contributed by atoms with Crippen LogP contribution in [0.2, 0.25) is 0 Å². The highest BCUT2D eigenvalue weighted by Crippen LogP contribution is 2.29. The Morgan fingerprint density at radius 2 is 2.15 bits per heavy atom. The minimum atomic E-state index is -0.820. The lowest BCUT2D eigenvalue weighted by atomic mass is 9.79. The molecule has 2 N–H and O–H groups in total. The quantitative estimate of drug-likeness (QED) is 0.882. The molecule has 1 amide bonds. The van der Waals surface area contributed by atoms with Crippen molar-refractivity contribution < 1.29 is 19.1 Å². The molecular formula is C14H17FN2O3. The number of nitrogens with zero attached hydrogens (tertiary/aromatic N) is 1. The molecule has 0 aliphatic heterocycles. The first-order valence-electron chi connectivity index (χ1n) is 6.70. The Labute approximate surface area is 116 Å². The van der Waals surface area contributed by atoms with Crippen molar-refractivity contribution in [2.24, 2.45) is 11.8 Å². The zero-order chi connectivity index (χ0) is 14.5. The Kier molecular flexibility index (Phi) is 4.65. The van der Waals surface area contributed by atoms with Crippen LogP contribution in [-0.2, 0) is 4.79 Å². The fraction of sp³-hybridized carbons (Fsp3) is 0.500. The predicted octanol–water partition coefficient (Wildman–Crippen LogP) is 1.84. The summed E-state index contributed by atoms with van der Waals surface area (Å²) in [7, 11) is 0. The number of rotatable bonds is 4. The molecular weight excluding hydrogens is 263 g/mol. The summed E-state index contributed by atoms with van der Waals surface area (Å²) in [4.78, 5) is 26.6. The largest absolute Gasteiger partial charge is 0.481 e. The van der Waals surface area contributed by atoms with Crippen molar-refractivity contribution in [3.8, 4) is 0 Å². The van der Waals surface area contributed by atoms with Gasteiger partial charge in [-0.3, -0.25) is 14.6 Å². The third kappa shape index (κ3) is 3.31. The molecule has 6 heteroatoms. The van der Waals surface area contributed by atoms with Gasteiger partial charge < -0.3 is 10.4 Å². The second kappa shape index (κ2) is 6.45. The summed E-state index contributed by atoms with van der Waals surface area (Å²) in [6.07, 6.45) is 5.61. The van der Waals surface area contributed by atoms with E-state index in [4.69, 9.17) is 5.11 Å². The molecule has 0 radical (unpaired) electrons. The fourth-order valence-electron chi connectivity index (χ4n) is 2.66. The number of pyridine rings is 1. The number of hydrogen-bond acceptors (Lipinski definition) is 3. The molecule has 0 saturated heterocycles. The van der Waals surface area contributed by atoms with Gasteiger partial charge in [0.2, 0.25) is 0 Å². The number of carboxylic acids is 1. The number of halogens is 1. The lowest BCUT2D eigenvalue weighted by Crippen LogP contribution is -2.37. The number of hydrogen-bond donors (Lipinski definition) is 2. The highest BCUT2D eigenvalue weighted by atomic mass is 19.1. The molecule has 2 atom stereocenters. The highest BCUT2D eigenvalue weighted by molar-refractivity contribution is 5.94. The molecule has 1 aliphatic carbocycles. The van der Waals surface area contributed by atoms with E-state index in [1.54, 1.807) is 0 Å². The van der Waals surface area contributed by atoms with Crippen LogP contribution in [0.25, 0.3) is 0 Å². The first-order valence-corrected chi connectivity index (χ1v) is 6.70. The molecule has 0 spiro atoms. The molecule has 20 heavy (non-hydrogen) atoms. The molecule has 1 aliphatic rings. The second-order valence-electron chi connectivity index (χ2n) is 5.05. The molecule has 0 bridgehead atoms. The first kappa shape index (κ1) is 14.4. The van der Waals surface area contributed by atoms with Crippen molar-refractivity contribution in [2.45, 2.75) is 25.7 Å². The van der Waals surface area contributed by atoms with Gasteiger partial charge in [0, 0.05) is 12.7 Å². The molecule has 108 valence electrons.